The van der Waals surface area contributed by atoms with Crippen molar-refractivity contribution in [2.75, 3.05) is 0 Å². The Morgan fingerprint density at radius 3 is 2.67 bits per heavy atom. The second-order valence-corrected chi connectivity index (χ2v) is 2.41. The molecule has 0 amide bonds. The molecule has 1 aromatic rings. The molecule has 0 N–H and O–H groups in total. The lowest BCUT2D eigenvalue weighted by atomic mass is 10.1. The Kier molecular flexibility index (Phi) is 0.977. The molecule has 0 fully saturated rings. The highest BCUT2D eigenvalue weighted by Crippen LogP contribution is 2.08. The van der Waals surface area contributed by atoms with Crippen LogP contribution in [0.3, 0.4) is 0 Å². The SMILES string of the molecule is CC(C)c1ccccn1.[2HH].[2H][2H].[2H][2H].[2H][2H]. The molecule has 0 aliphatic rings. The first-order valence-corrected chi connectivity index (χ1v) is 3.21. The van der Waals surface area contributed by atoms with E-state index in [1.165, 1.54) is 0 Å². The Balaban J connectivity index is -0.0000000900. The van der Waals surface area contributed by atoms with Gasteiger partial charge in [0.1, 0.15) is 0 Å². The van der Waals surface area contributed by atoms with Crippen molar-refractivity contribution in [3.8, 4) is 0 Å². The summed E-state index contributed by atoms with van der Waals surface area (Å²) in [6.07, 6.45) is 1.83. The first-order chi connectivity index (χ1) is 7.30. The van der Waals surface area contributed by atoms with E-state index in [1.54, 1.807) is 0 Å². The number of rotatable bonds is 1. The zero-order valence-corrected chi connectivity index (χ0v) is 5.83. The molecule has 0 aliphatic heterocycles. The van der Waals surface area contributed by atoms with Gasteiger partial charge in [0.05, 0.1) is 0 Å². The molecule has 0 aliphatic carbocycles. The lowest BCUT2D eigenvalue weighted by Gasteiger charge is -2.00. The van der Waals surface area contributed by atoms with Gasteiger partial charge in [0.2, 0.25) is 0 Å². The third kappa shape index (κ3) is 1.53. The Morgan fingerprint density at radius 1 is 1.56 bits per heavy atom. The first kappa shape index (κ1) is 3.35. The predicted molar refractivity (Wildman–Crippen MR) is 46.8 cm³/mol. The van der Waals surface area contributed by atoms with Gasteiger partial charge in [0.25, 0.3) is 0 Å². The van der Waals surface area contributed by atoms with Crippen molar-refractivity contribution in [3.05, 3.63) is 30.1 Å². The van der Waals surface area contributed by atoms with E-state index in [1.807, 2.05) is 24.4 Å². The van der Waals surface area contributed by atoms with Crippen LogP contribution in [0.1, 0.15) is 35.8 Å². The maximum atomic E-state index is 5.00. The van der Waals surface area contributed by atoms with E-state index in [9.17, 15) is 0 Å². The van der Waals surface area contributed by atoms with E-state index < -0.39 is 0 Å². The summed E-state index contributed by atoms with van der Waals surface area (Å²) in [7, 11) is 0. The molecule has 56 valence electrons. The smallest absolute Gasteiger partial charge is 0.0428 e. The molecule has 1 heteroatoms. The summed E-state index contributed by atoms with van der Waals surface area (Å²) >= 11 is 0. The Morgan fingerprint density at radius 2 is 2.33 bits per heavy atom. The van der Waals surface area contributed by atoms with Crippen molar-refractivity contribution in [2.45, 2.75) is 19.8 Å². The van der Waals surface area contributed by atoms with Crippen LogP contribution >= 0.6 is 0 Å². The Bertz CT molecular complexity index is 183. The van der Waals surface area contributed by atoms with Gasteiger partial charge in [-0.15, -0.1) is 0 Å². The van der Waals surface area contributed by atoms with Gasteiger partial charge in [-0.1, -0.05) is 19.9 Å². The number of hydrogen-bond acceptors (Lipinski definition) is 1. The summed E-state index contributed by atoms with van der Waals surface area (Å²) in [5, 5.41) is 0. The second-order valence-electron chi connectivity index (χ2n) is 2.41. The molecule has 0 spiro atoms. The van der Waals surface area contributed by atoms with E-state index in [2.05, 4.69) is 18.8 Å². The molecule has 0 atom stereocenters. The lowest BCUT2D eigenvalue weighted by Crippen LogP contribution is -1.88. The van der Waals surface area contributed by atoms with Gasteiger partial charge in [-0.2, -0.15) is 0 Å². The summed E-state index contributed by atoms with van der Waals surface area (Å²) < 4.78 is 30.0. The fourth-order valence-corrected chi connectivity index (χ4v) is 0.717. The fourth-order valence-electron chi connectivity index (χ4n) is 0.717. The molecule has 1 rings (SSSR count). The minimum Gasteiger partial charge on any atom is -0.261 e. The number of pyridine rings is 1. The van der Waals surface area contributed by atoms with Crippen molar-refractivity contribution in [2.24, 2.45) is 0 Å². The molecule has 0 unspecified atom stereocenters. The van der Waals surface area contributed by atoms with Crippen LogP contribution in [-0.2, 0) is 0 Å². The Hall–Kier alpha value is -0.850. The fraction of sp³-hybridized carbons (Fsp3) is 0.375. The van der Waals surface area contributed by atoms with Crippen LogP contribution in [0.4, 0.5) is 0 Å². The molecule has 0 aromatic carbocycles. The summed E-state index contributed by atoms with van der Waals surface area (Å²) in [5.74, 6) is 0.547. The molecular formula is C8H19N. The van der Waals surface area contributed by atoms with Crippen LogP contribution in [-0.4, -0.2) is 4.98 Å². The topological polar surface area (TPSA) is 12.9 Å². The zero-order chi connectivity index (χ0) is 12.7. The quantitative estimate of drug-likeness (QED) is 0.578. The minimum atomic E-state index is 0. The summed E-state index contributed by atoms with van der Waals surface area (Å²) in [6.45, 7) is 4.28. The van der Waals surface area contributed by atoms with Crippen molar-refractivity contribution >= 4 is 0 Å². The van der Waals surface area contributed by atoms with Crippen LogP contribution in [0.2, 0.25) is 0 Å². The van der Waals surface area contributed by atoms with E-state index >= 15 is 0 Å². The van der Waals surface area contributed by atoms with Crippen molar-refractivity contribution in [1.82, 2.24) is 4.98 Å². The molecule has 9 heavy (non-hydrogen) atoms. The highest BCUT2D eigenvalue weighted by Gasteiger charge is 1.95. The van der Waals surface area contributed by atoms with Crippen molar-refractivity contribution < 1.29 is 10.3 Å². The number of nitrogens with zero attached hydrogens (tertiary/aromatic N) is 1. The minimum absolute atomic E-state index is 0. The summed E-state index contributed by atoms with van der Waals surface area (Å²) in [4.78, 5) is 4.18. The van der Waals surface area contributed by atoms with Crippen LogP contribution in [0, 0.1) is 0 Å². The lowest BCUT2D eigenvalue weighted by molar-refractivity contribution is 0.823. The highest BCUT2D eigenvalue weighted by atomic mass is 14.7. The van der Waals surface area contributed by atoms with Gasteiger partial charge in [-0.05, 0) is 18.1 Å². The van der Waals surface area contributed by atoms with Gasteiger partial charge in [-0.3, -0.25) is 4.98 Å². The first-order valence-electron chi connectivity index (χ1n) is 6.21. The standard InChI is InChI=1S/C8H11N.4H2/c1-7(2)8-5-3-4-6-9-8;;;;/h3-7H,1-2H3;4*1H/i;3*1+1D;1+1. The van der Waals surface area contributed by atoms with Crippen LogP contribution in [0.25, 0.3) is 0 Å². The average molecular weight is 136 g/mol. The molecule has 1 nitrogen and oxygen atoms in total. The molecule has 1 heterocycles. The van der Waals surface area contributed by atoms with Gasteiger partial charge in [-0.25, -0.2) is 0 Å². The van der Waals surface area contributed by atoms with Crippen LogP contribution < -0.4 is 0 Å². The molecule has 0 bridgehead atoms. The number of hydrogen-bond donors (Lipinski definition) is 0. The average Bonchev–Trinajstić information content (AvgIpc) is 2.38. The molecule has 0 saturated carbocycles. The van der Waals surface area contributed by atoms with E-state index in [0.717, 1.165) is 5.69 Å². The maximum Gasteiger partial charge on any atom is 0.0428 e. The molecule has 0 radical (unpaired) electrons. The van der Waals surface area contributed by atoms with Crippen LogP contribution in [0.15, 0.2) is 24.4 Å². The predicted octanol–water partition coefficient (Wildman–Crippen LogP) is 3.19. The largest absolute Gasteiger partial charge is 0.261 e. The van der Waals surface area contributed by atoms with Crippen molar-refractivity contribution in [3.63, 3.8) is 0 Å². The highest BCUT2D eigenvalue weighted by molar-refractivity contribution is 5.06. The molecule has 1 aromatic heterocycles. The van der Waals surface area contributed by atoms with E-state index in [4.69, 9.17) is 8.91 Å². The summed E-state index contributed by atoms with van der Waals surface area (Å²) in [6, 6.07) is 6.00. The Labute approximate surface area is 66.5 Å². The summed E-state index contributed by atoms with van der Waals surface area (Å²) in [5.41, 5.74) is 1.16. The molecule has 0 saturated heterocycles. The van der Waals surface area contributed by atoms with Gasteiger partial charge in [0, 0.05) is 22.2 Å². The monoisotopic (exact) mass is 136 g/mol. The van der Waals surface area contributed by atoms with Crippen molar-refractivity contribution in [1.29, 1.82) is 0 Å². The second kappa shape index (κ2) is 2.62. The van der Waals surface area contributed by atoms with E-state index in [-0.39, 0.29) is 1.43 Å². The van der Waals surface area contributed by atoms with Gasteiger partial charge in [0.15, 0.2) is 0 Å². The van der Waals surface area contributed by atoms with Crippen LogP contribution in [0.5, 0.6) is 0 Å². The normalized spacial score (nSPS) is 12.8. The van der Waals surface area contributed by atoms with E-state index in [0.29, 0.717) is 5.92 Å². The zero-order valence-electron chi connectivity index (χ0n) is 11.8. The molecular weight excluding hydrogens is 110 g/mol. The van der Waals surface area contributed by atoms with Gasteiger partial charge < -0.3 is 0 Å². The maximum absolute atomic E-state index is 5.00. The van der Waals surface area contributed by atoms with Gasteiger partial charge >= 0.3 is 0 Å². The third-order valence-corrected chi connectivity index (χ3v) is 1.28. The number of aromatic nitrogens is 1. The third-order valence-electron chi connectivity index (χ3n) is 1.28.